The Hall–Kier alpha value is -1.79. The van der Waals surface area contributed by atoms with Crippen molar-refractivity contribution in [3.63, 3.8) is 0 Å². The number of fused-ring (bicyclic) bond motifs is 6. The molecule has 3 heteroatoms. The Labute approximate surface area is 131 Å². The third-order valence-electron chi connectivity index (χ3n) is 3.46. The van der Waals surface area contributed by atoms with Crippen molar-refractivity contribution in [1.82, 2.24) is 9.97 Å². The second kappa shape index (κ2) is 4.95. The molecule has 4 rings (SSSR count). The van der Waals surface area contributed by atoms with Crippen molar-refractivity contribution in [3.05, 3.63) is 60.4 Å². The van der Waals surface area contributed by atoms with E-state index in [0.29, 0.717) is 0 Å². The molecule has 0 saturated carbocycles. The number of hydrogen-bond donors (Lipinski definition) is 0. The van der Waals surface area contributed by atoms with Crippen molar-refractivity contribution in [2.45, 2.75) is 6.92 Å². The van der Waals surface area contributed by atoms with Gasteiger partial charge in [-0.05, 0) is 12.3 Å². The van der Waals surface area contributed by atoms with E-state index >= 15 is 0 Å². The molecule has 0 amide bonds. The molecule has 2 nitrogen and oxygen atoms in total. The van der Waals surface area contributed by atoms with Gasteiger partial charge in [-0.15, -0.1) is 29.7 Å². The van der Waals surface area contributed by atoms with E-state index in [1.807, 2.05) is 31.3 Å². The molecule has 0 unspecified atom stereocenters. The fourth-order valence-corrected chi connectivity index (χ4v) is 2.63. The van der Waals surface area contributed by atoms with Crippen LogP contribution in [0.2, 0.25) is 0 Å². The van der Waals surface area contributed by atoms with E-state index in [0.717, 1.165) is 27.5 Å². The number of hydrogen-bond acceptors (Lipinski definition) is 2. The predicted molar refractivity (Wildman–Crippen MR) is 78.1 cm³/mol. The summed E-state index contributed by atoms with van der Waals surface area (Å²) in [6, 6.07) is 17.7. The van der Waals surface area contributed by atoms with Crippen LogP contribution < -0.4 is 0 Å². The number of benzene rings is 3. The van der Waals surface area contributed by atoms with Gasteiger partial charge >= 0.3 is 0 Å². The van der Waals surface area contributed by atoms with Crippen LogP contribution in [0.25, 0.3) is 32.6 Å². The zero-order chi connectivity index (χ0) is 12.8. The minimum atomic E-state index is 0. The second-order valence-electron chi connectivity index (χ2n) is 4.71. The fourth-order valence-electron chi connectivity index (χ4n) is 2.63. The molecule has 3 aromatic carbocycles. The van der Waals surface area contributed by atoms with Crippen LogP contribution in [-0.2, 0) is 21.1 Å². The van der Waals surface area contributed by atoms with Crippen LogP contribution in [0.1, 0.15) is 5.69 Å². The maximum Gasteiger partial charge on any atom is 0.0548 e. The standard InChI is InChI=1S/C17H11N2.Pt/c1-11-10-18-16-14-8-4-2-6-12(14)13-7-3-5-9-15(13)17(16)19-11;/h2-7,9-10H,1H3;/q-1;. The van der Waals surface area contributed by atoms with Crippen LogP contribution in [0.3, 0.4) is 0 Å². The molecule has 0 aliphatic carbocycles. The zero-order valence-corrected chi connectivity index (χ0v) is 13.1. The number of aromatic nitrogens is 2. The molecule has 0 radical (unpaired) electrons. The van der Waals surface area contributed by atoms with E-state index in [1.165, 1.54) is 10.8 Å². The normalized spacial score (nSPS) is 10.8. The summed E-state index contributed by atoms with van der Waals surface area (Å²) in [5.74, 6) is 0. The molecule has 0 aliphatic heterocycles. The first-order valence-corrected chi connectivity index (χ1v) is 6.29. The molecule has 1 aromatic heterocycles. The number of aryl methyl sites for hydroxylation is 1. The van der Waals surface area contributed by atoms with Crippen LogP contribution in [-0.4, -0.2) is 9.97 Å². The minimum absolute atomic E-state index is 0. The van der Waals surface area contributed by atoms with Crippen LogP contribution in [0, 0.1) is 13.0 Å². The Bertz CT molecular complexity index is 896. The molecule has 4 aromatic rings. The average Bonchev–Trinajstić information content (AvgIpc) is 2.47. The van der Waals surface area contributed by atoms with Crippen LogP contribution in [0.4, 0.5) is 0 Å². The summed E-state index contributed by atoms with van der Waals surface area (Å²) >= 11 is 0. The molecule has 0 spiro atoms. The summed E-state index contributed by atoms with van der Waals surface area (Å²) in [4.78, 5) is 9.24. The molecule has 100 valence electrons. The van der Waals surface area contributed by atoms with Crippen molar-refractivity contribution < 1.29 is 21.1 Å². The topological polar surface area (TPSA) is 25.8 Å². The predicted octanol–water partition coefficient (Wildman–Crippen LogP) is 4.04. The summed E-state index contributed by atoms with van der Waals surface area (Å²) in [6.45, 7) is 1.97. The van der Waals surface area contributed by atoms with Gasteiger partial charge in [-0.2, -0.15) is 0 Å². The summed E-state index contributed by atoms with van der Waals surface area (Å²) in [5.41, 5.74) is 2.83. The number of nitrogens with zero attached hydrogens (tertiary/aromatic N) is 2. The molecule has 0 bridgehead atoms. The minimum Gasteiger partial charge on any atom is -0.301 e. The van der Waals surface area contributed by atoms with E-state index in [-0.39, 0.29) is 21.1 Å². The van der Waals surface area contributed by atoms with Gasteiger partial charge in [-0.25, -0.2) is 0 Å². The molecule has 20 heavy (non-hydrogen) atoms. The molecule has 0 aliphatic rings. The Morgan fingerprint density at radius 2 is 1.65 bits per heavy atom. The van der Waals surface area contributed by atoms with E-state index in [9.17, 15) is 0 Å². The molecule has 1 heterocycles. The Morgan fingerprint density at radius 3 is 2.50 bits per heavy atom. The third kappa shape index (κ3) is 1.83. The van der Waals surface area contributed by atoms with Crippen molar-refractivity contribution in [1.29, 1.82) is 0 Å². The van der Waals surface area contributed by atoms with Crippen molar-refractivity contribution in [2.75, 3.05) is 0 Å². The largest absolute Gasteiger partial charge is 0.301 e. The summed E-state index contributed by atoms with van der Waals surface area (Å²) in [5, 5.41) is 4.59. The van der Waals surface area contributed by atoms with Gasteiger partial charge < -0.3 is 4.98 Å². The summed E-state index contributed by atoms with van der Waals surface area (Å²) < 4.78 is 0. The Kier molecular flexibility index (Phi) is 3.27. The van der Waals surface area contributed by atoms with Crippen LogP contribution >= 0.6 is 0 Å². The summed E-state index contributed by atoms with van der Waals surface area (Å²) in [7, 11) is 0. The molecular formula is C17H11N2Pt-. The maximum absolute atomic E-state index is 4.67. The average molecular weight is 438 g/mol. The van der Waals surface area contributed by atoms with E-state index in [4.69, 9.17) is 0 Å². The van der Waals surface area contributed by atoms with Crippen molar-refractivity contribution in [2.24, 2.45) is 0 Å². The van der Waals surface area contributed by atoms with Crippen LogP contribution in [0.5, 0.6) is 0 Å². The molecule has 0 N–H and O–H groups in total. The Balaban J connectivity index is 0.00000121. The second-order valence-corrected chi connectivity index (χ2v) is 4.71. The van der Waals surface area contributed by atoms with Crippen LogP contribution in [0.15, 0.2) is 48.7 Å². The summed E-state index contributed by atoms with van der Waals surface area (Å²) in [6.07, 6.45) is 1.82. The maximum atomic E-state index is 4.67. The first-order chi connectivity index (χ1) is 9.34. The number of rotatable bonds is 0. The van der Waals surface area contributed by atoms with Gasteiger partial charge in [0.2, 0.25) is 0 Å². The Morgan fingerprint density at radius 1 is 0.900 bits per heavy atom. The van der Waals surface area contributed by atoms with Gasteiger partial charge in [0, 0.05) is 32.8 Å². The zero-order valence-electron chi connectivity index (χ0n) is 10.8. The van der Waals surface area contributed by atoms with E-state index < -0.39 is 0 Å². The first-order valence-electron chi connectivity index (χ1n) is 6.29. The van der Waals surface area contributed by atoms with Crippen molar-refractivity contribution in [3.8, 4) is 0 Å². The first kappa shape index (κ1) is 13.2. The third-order valence-corrected chi connectivity index (χ3v) is 3.46. The van der Waals surface area contributed by atoms with Gasteiger partial charge in [0.15, 0.2) is 0 Å². The van der Waals surface area contributed by atoms with Gasteiger partial charge in [0.05, 0.1) is 11.2 Å². The van der Waals surface area contributed by atoms with Gasteiger partial charge in [-0.3, -0.25) is 4.98 Å². The van der Waals surface area contributed by atoms with Gasteiger partial charge in [-0.1, -0.05) is 35.0 Å². The molecule has 0 fully saturated rings. The van der Waals surface area contributed by atoms with E-state index in [2.05, 4.69) is 40.3 Å². The smallest absolute Gasteiger partial charge is 0.0548 e. The monoisotopic (exact) mass is 438 g/mol. The molecule has 0 saturated heterocycles. The molecular weight excluding hydrogens is 427 g/mol. The molecule has 0 atom stereocenters. The van der Waals surface area contributed by atoms with Gasteiger partial charge in [0.1, 0.15) is 0 Å². The quantitative estimate of drug-likeness (QED) is 0.306. The van der Waals surface area contributed by atoms with Crippen molar-refractivity contribution >= 4 is 32.6 Å². The van der Waals surface area contributed by atoms with Gasteiger partial charge in [0.25, 0.3) is 0 Å². The van der Waals surface area contributed by atoms with E-state index in [1.54, 1.807) is 0 Å². The fraction of sp³-hybridized carbons (Fsp3) is 0.0588. The SMILES string of the molecule is Cc1cnc2c3[c-]cccc3c3ccccc3c2n1.[Pt].